The van der Waals surface area contributed by atoms with Crippen molar-refractivity contribution < 1.29 is 4.52 Å². The highest BCUT2D eigenvalue weighted by Crippen LogP contribution is 2.28. The Labute approximate surface area is 115 Å². The van der Waals surface area contributed by atoms with Crippen molar-refractivity contribution >= 4 is 32.4 Å². The van der Waals surface area contributed by atoms with Gasteiger partial charge in [-0.25, -0.2) is 4.98 Å². The van der Waals surface area contributed by atoms with Crippen LogP contribution in [0.25, 0.3) is 23.0 Å². The molecular weight excluding hydrogens is 316 g/mol. The maximum Gasteiger partial charge on any atom is 0.277 e. The fourth-order valence-corrected chi connectivity index (χ4v) is 2.46. The molecule has 0 aliphatic carbocycles. The monoisotopic (exact) mass is 322 g/mol. The first-order valence-electron chi connectivity index (χ1n) is 5.04. The van der Waals surface area contributed by atoms with Gasteiger partial charge in [0.15, 0.2) is 5.13 Å². The highest BCUT2D eigenvalue weighted by molar-refractivity contribution is 9.10. The first-order chi connectivity index (χ1) is 8.74. The molecular formula is C11H7BrN4OS. The Bertz CT molecular complexity index is 694. The summed E-state index contributed by atoms with van der Waals surface area (Å²) < 4.78 is 6.09. The van der Waals surface area contributed by atoms with E-state index in [1.54, 1.807) is 5.38 Å². The second kappa shape index (κ2) is 4.51. The van der Waals surface area contributed by atoms with Crippen molar-refractivity contribution in [2.45, 2.75) is 0 Å². The summed E-state index contributed by atoms with van der Waals surface area (Å²) in [6.07, 6.45) is 0. The van der Waals surface area contributed by atoms with Gasteiger partial charge in [-0.1, -0.05) is 33.2 Å². The van der Waals surface area contributed by atoms with Crippen LogP contribution in [0.1, 0.15) is 0 Å². The minimum absolute atomic E-state index is 0.369. The third-order valence-electron chi connectivity index (χ3n) is 2.28. The van der Waals surface area contributed by atoms with Gasteiger partial charge in [-0.15, -0.1) is 11.3 Å². The number of thiazole rings is 1. The normalized spacial score (nSPS) is 10.7. The number of hydrogen-bond donors (Lipinski definition) is 1. The zero-order valence-corrected chi connectivity index (χ0v) is 11.4. The minimum Gasteiger partial charge on any atom is -0.375 e. The molecule has 0 aliphatic rings. The van der Waals surface area contributed by atoms with E-state index in [9.17, 15) is 0 Å². The summed E-state index contributed by atoms with van der Waals surface area (Å²) in [5.41, 5.74) is 7.04. The fraction of sp³-hybridized carbons (Fsp3) is 0. The maximum atomic E-state index is 5.57. The maximum absolute atomic E-state index is 5.57. The van der Waals surface area contributed by atoms with E-state index >= 15 is 0 Å². The van der Waals surface area contributed by atoms with Crippen LogP contribution in [0.15, 0.2) is 38.6 Å². The summed E-state index contributed by atoms with van der Waals surface area (Å²) >= 11 is 4.78. The molecule has 0 saturated heterocycles. The van der Waals surface area contributed by atoms with Crippen LogP contribution in [0.5, 0.6) is 0 Å². The average Bonchev–Trinajstić information content (AvgIpc) is 2.98. The van der Waals surface area contributed by atoms with E-state index in [0.717, 1.165) is 10.0 Å². The molecule has 1 aromatic carbocycles. The highest BCUT2D eigenvalue weighted by Gasteiger charge is 2.14. The number of nitrogens with zero attached hydrogens (tertiary/aromatic N) is 3. The van der Waals surface area contributed by atoms with Gasteiger partial charge in [-0.05, 0) is 12.1 Å². The van der Waals surface area contributed by atoms with E-state index in [1.165, 1.54) is 11.3 Å². The Morgan fingerprint density at radius 3 is 2.78 bits per heavy atom. The molecule has 0 aliphatic heterocycles. The van der Waals surface area contributed by atoms with Gasteiger partial charge >= 0.3 is 0 Å². The number of halogens is 1. The Morgan fingerprint density at radius 2 is 2.06 bits per heavy atom. The molecule has 0 bridgehead atoms. The molecule has 0 fully saturated rings. The molecule has 0 atom stereocenters. The van der Waals surface area contributed by atoms with Gasteiger partial charge in [0.1, 0.15) is 5.69 Å². The minimum atomic E-state index is 0.369. The molecule has 3 aromatic rings. The zero-order chi connectivity index (χ0) is 12.5. The number of aromatic nitrogens is 3. The predicted octanol–water partition coefficient (Wildman–Crippen LogP) is 3.20. The van der Waals surface area contributed by atoms with Crippen LogP contribution in [0.2, 0.25) is 0 Å². The molecule has 90 valence electrons. The summed E-state index contributed by atoms with van der Waals surface area (Å²) in [6, 6.07) is 7.67. The molecule has 2 aromatic heterocycles. The first kappa shape index (κ1) is 11.4. The van der Waals surface area contributed by atoms with Crippen LogP contribution in [-0.4, -0.2) is 15.1 Å². The predicted molar refractivity (Wildman–Crippen MR) is 73.0 cm³/mol. The lowest BCUT2D eigenvalue weighted by molar-refractivity contribution is 0.431. The standard InChI is InChI=1S/C11H7BrN4OS/c12-7-4-2-1-3-6(7)9-15-10(17-16-9)8-5-18-11(13)14-8/h1-5H,(H2,13,14). The molecule has 2 heterocycles. The molecule has 0 unspecified atom stereocenters. The molecule has 18 heavy (non-hydrogen) atoms. The van der Waals surface area contributed by atoms with Crippen LogP contribution in [0, 0.1) is 0 Å². The molecule has 0 amide bonds. The number of hydrogen-bond acceptors (Lipinski definition) is 6. The van der Waals surface area contributed by atoms with E-state index in [0.29, 0.717) is 22.5 Å². The average molecular weight is 323 g/mol. The van der Waals surface area contributed by atoms with Crippen molar-refractivity contribution in [3.05, 3.63) is 34.1 Å². The smallest absolute Gasteiger partial charge is 0.277 e. The largest absolute Gasteiger partial charge is 0.375 e. The highest BCUT2D eigenvalue weighted by atomic mass is 79.9. The molecule has 0 saturated carbocycles. The molecule has 5 nitrogen and oxygen atoms in total. The van der Waals surface area contributed by atoms with E-state index in [-0.39, 0.29) is 0 Å². The van der Waals surface area contributed by atoms with Crippen molar-refractivity contribution in [3.63, 3.8) is 0 Å². The van der Waals surface area contributed by atoms with Crippen LogP contribution in [-0.2, 0) is 0 Å². The van der Waals surface area contributed by atoms with Crippen molar-refractivity contribution in [2.24, 2.45) is 0 Å². The van der Waals surface area contributed by atoms with E-state index in [1.807, 2.05) is 24.3 Å². The van der Waals surface area contributed by atoms with Crippen LogP contribution in [0.4, 0.5) is 5.13 Å². The van der Waals surface area contributed by atoms with E-state index in [4.69, 9.17) is 10.3 Å². The summed E-state index contributed by atoms with van der Waals surface area (Å²) in [4.78, 5) is 8.40. The lowest BCUT2D eigenvalue weighted by atomic mass is 10.2. The lowest BCUT2D eigenvalue weighted by Gasteiger charge is -1.96. The van der Waals surface area contributed by atoms with Crippen molar-refractivity contribution in [1.29, 1.82) is 0 Å². The van der Waals surface area contributed by atoms with Crippen molar-refractivity contribution in [1.82, 2.24) is 15.1 Å². The lowest BCUT2D eigenvalue weighted by Crippen LogP contribution is -1.84. The second-order valence-corrected chi connectivity index (χ2v) is 5.22. The van der Waals surface area contributed by atoms with Crippen LogP contribution < -0.4 is 5.73 Å². The Morgan fingerprint density at radius 1 is 1.22 bits per heavy atom. The molecule has 0 spiro atoms. The van der Waals surface area contributed by atoms with E-state index < -0.39 is 0 Å². The summed E-state index contributed by atoms with van der Waals surface area (Å²) in [6.45, 7) is 0. The molecule has 7 heteroatoms. The molecule has 0 radical (unpaired) electrons. The first-order valence-corrected chi connectivity index (χ1v) is 6.71. The van der Waals surface area contributed by atoms with Gasteiger partial charge in [-0.3, -0.25) is 0 Å². The third kappa shape index (κ3) is 2.02. The zero-order valence-electron chi connectivity index (χ0n) is 9.00. The summed E-state index contributed by atoms with van der Waals surface area (Å²) in [7, 11) is 0. The summed E-state index contributed by atoms with van der Waals surface area (Å²) in [5, 5.41) is 6.20. The Hall–Kier alpha value is -1.73. The van der Waals surface area contributed by atoms with Gasteiger partial charge in [0.2, 0.25) is 5.82 Å². The number of benzene rings is 1. The van der Waals surface area contributed by atoms with E-state index in [2.05, 4.69) is 31.1 Å². The quantitative estimate of drug-likeness (QED) is 0.783. The van der Waals surface area contributed by atoms with Gasteiger partial charge in [0, 0.05) is 15.4 Å². The number of anilines is 1. The fourth-order valence-electron chi connectivity index (χ4n) is 1.47. The molecule has 2 N–H and O–H groups in total. The Kier molecular flexibility index (Phi) is 2.85. The van der Waals surface area contributed by atoms with Crippen molar-refractivity contribution in [2.75, 3.05) is 5.73 Å². The number of nitrogen functional groups attached to an aromatic ring is 1. The van der Waals surface area contributed by atoms with Crippen LogP contribution >= 0.6 is 27.3 Å². The SMILES string of the molecule is Nc1nc(-c2nc(-c3ccccc3Br)no2)cs1. The second-order valence-electron chi connectivity index (χ2n) is 3.47. The Balaban J connectivity index is 2.02. The van der Waals surface area contributed by atoms with Gasteiger partial charge < -0.3 is 10.3 Å². The molecule has 3 rings (SSSR count). The van der Waals surface area contributed by atoms with Crippen LogP contribution in [0.3, 0.4) is 0 Å². The number of rotatable bonds is 2. The number of nitrogens with two attached hydrogens (primary N) is 1. The third-order valence-corrected chi connectivity index (χ3v) is 3.65. The summed E-state index contributed by atoms with van der Waals surface area (Å²) in [5.74, 6) is 0.887. The van der Waals surface area contributed by atoms with Crippen molar-refractivity contribution in [3.8, 4) is 23.0 Å². The van der Waals surface area contributed by atoms with Gasteiger partial charge in [0.25, 0.3) is 5.89 Å². The van der Waals surface area contributed by atoms with Gasteiger partial charge in [-0.2, -0.15) is 4.98 Å². The van der Waals surface area contributed by atoms with Gasteiger partial charge in [0.05, 0.1) is 0 Å². The topological polar surface area (TPSA) is 77.8 Å².